The molecule has 1 unspecified atom stereocenters. The van der Waals surface area contributed by atoms with Gasteiger partial charge in [-0.25, -0.2) is 9.78 Å². The number of carbonyl (C=O) groups excluding carboxylic acids is 2. The SMILES string of the molecule is Cc1nc(NC(=O)NCC2CC(=O)N(C3CC3)C2)sc1C. The van der Waals surface area contributed by atoms with Gasteiger partial charge >= 0.3 is 6.03 Å². The van der Waals surface area contributed by atoms with Crippen molar-refractivity contribution in [3.63, 3.8) is 0 Å². The first-order valence-electron chi connectivity index (χ1n) is 7.31. The quantitative estimate of drug-likeness (QED) is 0.892. The van der Waals surface area contributed by atoms with Crippen molar-refractivity contribution in [2.75, 3.05) is 18.4 Å². The van der Waals surface area contributed by atoms with Gasteiger partial charge in [-0.05, 0) is 26.7 Å². The van der Waals surface area contributed by atoms with Gasteiger partial charge in [-0.15, -0.1) is 11.3 Å². The maximum atomic E-state index is 11.8. The first-order chi connectivity index (χ1) is 10.0. The fourth-order valence-electron chi connectivity index (χ4n) is 2.59. The van der Waals surface area contributed by atoms with Gasteiger partial charge in [0.25, 0.3) is 0 Å². The fraction of sp³-hybridized carbons (Fsp3) is 0.643. The highest BCUT2D eigenvalue weighted by Gasteiger charge is 2.39. The molecule has 1 atom stereocenters. The summed E-state index contributed by atoms with van der Waals surface area (Å²) in [4.78, 5) is 31.0. The Bertz CT molecular complexity index is 548. The number of aryl methyl sites for hydroxylation is 2. The molecule has 0 aromatic carbocycles. The van der Waals surface area contributed by atoms with E-state index in [0.29, 0.717) is 24.1 Å². The van der Waals surface area contributed by atoms with Crippen molar-refractivity contribution in [2.45, 2.75) is 39.2 Å². The molecule has 1 saturated heterocycles. The molecule has 21 heavy (non-hydrogen) atoms. The zero-order valence-corrected chi connectivity index (χ0v) is 13.1. The van der Waals surface area contributed by atoms with Crippen LogP contribution in [0.3, 0.4) is 0 Å². The summed E-state index contributed by atoms with van der Waals surface area (Å²) >= 11 is 1.47. The van der Waals surface area contributed by atoms with Gasteiger partial charge in [0.05, 0.1) is 5.69 Å². The number of urea groups is 1. The summed E-state index contributed by atoms with van der Waals surface area (Å²) < 4.78 is 0. The van der Waals surface area contributed by atoms with Crippen LogP contribution in [0.5, 0.6) is 0 Å². The lowest BCUT2D eigenvalue weighted by molar-refractivity contribution is -0.128. The van der Waals surface area contributed by atoms with E-state index in [9.17, 15) is 9.59 Å². The molecule has 6 nitrogen and oxygen atoms in total. The maximum Gasteiger partial charge on any atom is 0.321 e. The monoisotopic (exact) mass is 308 g/mol. The van der Waals surface area contributed by atoms with E-state index < -0.39 is 0 Å². The van der Waals surface area contributed by atoms with Crippen LogP contribution in [0.25, 0.3) is 0 Å². The minimum absolute atomic E-state index is 0.226. The topological polar surface area (TPSA) is 74.3 Å². The number of anilines is 1. The normalized spacial score (nSPS) is 21.7. The highest BCUT2D eigenvalue weighted by molar-refractivity contribution is 7.15. The van der Waals surface area contributed by atoms with Gasteiger partial charge in [0.1, 0.15) is 0 Å². The summed E-state index contributed by atoms with van der Waals surface area (Å²) in [5, 5.41) is 6.20. The smallest absolute Gasteiger partial charge is 0.321 e. The number of aromatic nitrogens is 1. The number of likely N-dealkylation sites (tertiary alicyclic amines) is 1. The first-order valence-corrected chi connectivity index (χ1v) is 8.13. The van der Waals surface area contributed by atoms with Crippen molar-refractivity contribution in [3.05, 3.63) is 10.6 Å². The summed E-state index contributed by atoms with van der Waals surface area (Å²) in [5.74, 6) is 0.458. The van der Waals surface area contributed by atoms with Crippen LogP contribution in [0.1, 0.15) is 29.8 Å². The molecule has 0 bridgehead atoms. The molecule has 3 rings (SSSR count). The number of nitrogens with zero attached hydrogens (tertiary/aromatic N) is 2. The van der Waals surface area contributed by atoms with Crippen molar-refractivity contribution < 1.29 is 9.59 Å². The number of hydrogen-bond donors (Lipinski definition) is 2. The summed E-state index contributed by atoms with van der Waals surface area (Å²) in [7, 11) is 0. The zero-order chi connectivity index (χ0) is 15.0. The van der Waals surface area contributed by atoms with Crippen LogP contribution in [-0.4, -0.2) is 41.0 Å². The number of carbonyl (C=O) groups is 2. The Morgan fingerprint density at radius 2 is 2.19 bits per heavy atom. The molecular weight excluding hydrogens is 288 g/mol. The predicted molar refractivity (Wildman–Crippen MR) is 81.5 cm³/mol. The molecule has 2 fully saturated rings. The standard InChI is InChI=1S/C14H20N4O2S/c1-8-9(2)21-14(16-8)17-13(20)15-6-10-5-12(19)18(7-10)11-3-4-11/h10-11H,3-7H2,1-2H3,(H2,15,16,17,20). The van der Waals surface area contributed by atoms with Crippen LogP contribution < -0.4 is 10.6 Å². The second kappa shape index (κ2) is 5.63. The van der Waals surface area contributed by atoms with Crippen molar-refractivity contribution >= 4 is 28.4 Å². The number of thiazole rings is 1. The van der Waals surface area contributed by atoms with Crippen LogP contribution in [0.2, 0.25) is 0 Å². The Kier molecular flexibility index (Phi) is 3.84. The zero-order valence-electron chi connectivity index (χ0n) is 12.3. The van der Waals surface area contributed by atoms with Crippen molar-refractivity contribution in [3.8, 4) is 0 Å². The number of rotatable bonds is 4. The number of amides is 3. The minimum atomic E-state index is -0.249. The largest absolute Gasteiger partial charge is 0.339 e. The van der Waals surface area contributed by atoms with Crippen LogP contribution in [0.4, 0.5) is 9.93 Å². The minimum Gasteiger partial charge on any atom is -0.339 e. The van der Waals surface area contributed by atoms with E-state index in [1.807, 2.05) is 18.7 Å². The number of hydrogen-bond acceptors (Lipinski definition) is 4. The Hall–Kier alpha value is -1.63. The van der Waals surface area contributed by atoms with E-state index in [-0.39, 0.29) is 17.9 Å². The van der Waals surface area contributed by atoms with E-state index in [0.717, 1.165) is 30.0 Å². The Morgan fingerprint density at radius 3 is 2.81 bits per heavy atom. The number of nitrogens with one attached hydrogen (secondary N) is 2. The van der Waals surface area contributed by atoms with Crippen molar-refractivity contribution in [1.82, 2.24) is 15.2 Å². The molecule has 1 saturated carbocycles. The highest BCUT2D eigenvalue weighted by Crippen LogP contribution is 2.32. The van der Waals surface area contributed by atoms with Gasteiger partial charge in [0.2, 0.25) is 5.91 Å². The third-order valence-electron chi connectivity index (χ3n) is 4.03. The Balaban J connectivity index is 1.44. The van der Waals surface area contributed by atoms with Gasteiger partial charge in [-0.2, -0.15) is 0 Å². The molecule has 7 heteroatoms. The lowest BCUT2D eigenvalue weighted by Gasteiger charge is -2.15. The molecule has 0 radical (unpaired) electrons. The molecule has 1 aliphatic heterocycles. The summed E-state index contributed by atoms with van der Waals surface area (Å²) in [5.41, 5.74) is 0.941. The van der Waals surface area contributed by atoms with Gasteiger partial charge < -0.3 is 10.2 Å². The molecule has 1 aliphatic carbocycles. The lowest BCUT2D eigenvalue weighted by Crippen LogP contribution is -2.34. The van der Waals surface area contributed by atoms with Gasteiger partial charge in [0, 0.05) is 36.3 Å². The molecule has 0 spiro atoms. The van der Waals surface area contributed by atoms with E-state index in [4.69, 9.17) is 0 Å². The van der Waals surface area contributed by atoms with Crippen LogP contribution >= 0.6 is 11.3 Å². The average Bonchev–Trinajstić information content (AvgIpc) is 3.13. The molecule has 2 N–H and O–H groups in total. The van der Waals surface area contributed by atoms with E-state index in [1.165, 1.54) is 11.3 Å². The van der Waals surface area contributed by atoms with E-state index in [1.54, 1.807) is 0 Å². The van der Waals surface area contributed by atoms with Crippen LogP contribution in [0.15, 0.2) is 0 Å². The fourth-order valence-corrected chi connectivity index (χ4v) is 3.40. The molecule has 2 aliphatic rings. The summed E-state index contributed by atoms with van der Waals surface area (Å²) in [6.07, 6.45) is 2.82. The molecular formula is C14H20N4O2S. The maximum absolute atomic E-state index is 11.8. The second-order valence-electron chi connectivity index (χ2n) is 5.84. The van der Waals surface area contributed by atoms with Crippen LogP contribution in [-0.2, 0) is 4.79 Å². The van der Waals surface area contributed by atoms with E-state index in [2.05, 4.69) is 15.6 Å². The average molecular weight is 308 g/mol. The molecule has 1 aromatic heterocycles. The molecule has 1 aromatic rings. The van der Waals surface area contributed by atoms with E-state index >= 15 is 0 Å². The highest BCUT2D eigenvalue weighted by atomic mass is 32.1. The molecule has 2 heterocycles. The second-order valence-corrected chi connectivity index (χ2v) is 7.05. The third kappa shape index (κ3) is 3.34. The lowest BCUT2D eigenvalue weighted by atomic mass is 10.1. The van der Waals surface area contributed by atoms with Gasteiger partial charge in [-0.3, -0.25) is 10.1 Å². The Morgan fingerprint density at radius 1 is 1.43 bits per heavy atom. The summed E-state index contributed by atoms with van der Waals surface area (Å²) in [6.45, 7) is 5.21. The van der Waals surface area contributed by atoms with Crippen molar-refractivity contribution in [2.24, 2.45) is 5.92 Å². The van der Waals surface area contributed by atoms with Gasteiger partial charge in [-0.1, -0.05) is 0 Å². The predicted octanol–water partition coefficient (Wildman–Crippen LogP) is 1.89. The van der Waals surface area contributed by atoms with Gasteiger partial charge in [0.15, 0.2) is 5.13 Å². The molecule has 114 valence electrons. The first kappa shape index (κ1) is 14.3. The molecule has 3 amide bonds. The Labute approximate surface area is 127 Å². The van der Waals surface area contributed by atoms with Crippen molar-refractivity contribution in [1.29, 1.82) is 0 Å². The third-order valence-corrected chi connectivity index (χ3v) is 5.01. The summed E-state index contributed by atoms with van der Waals surface area (Å²) in [6, 6.07) is 0.221. The van der Waals surface area contributed by atoms with Crippen LogP contribution in [0, 0.1) is 19.8 Å².